The molecule has 0 radical (unpaired) electrons. The lowest BCUT2D eigenvalue weighted by atomic mass is 10.2. The summed E-state index contributed by atoms with van der Waals surface area (Å²) < 4.78 is 26.6. The van der Waals surface area contributed by atoms with Crippen molar-refractivity contribution < 1.29 is 13.7 Å². The highest BCUT2D eigenvalue weighted by molar-refractivity contribution is 5.81. The molecule has 0 saturated carbocycles. The van der Waals surface area contributed by atoms with Crippen molar-refractivity contribution in [2.24, 2.45) is 0 Å². The third-order valence-electron chi connectivity index (χ3n) is 2.20. The monoisotopic (exact) mass is 227 g/mol. The molecule has 0 saturated heterocycles. The van der Waals surface area contributed by atoms with E-state index in [0.717, 1.165) is 10.7 Å². The zero-order valence-electron chi connectivity index (χ0n) is 8.06. The lowest BCUT2D eigenvalue weighted by molar-refractivity contribution is -0.384. The number of nitro benzene ring substituents is 1. The molecule has 0 amide bonds. The average Bonchev–Trinajstić information content (AvgIpc) is 2.56. The predicted molar refractivity (Wildman–Crippen MR) is 52.3 cm³/mol. The predicted octanol–water partition coefficient (Wildman–Crippen LogP) is 2.05. The molecule has 1 heterocycles. The Labute approximate surface area is 88.4 Å². The number of hydrogen-bond acceptors (Lipinski definition) is 3. The van der Waals surface area contributed by atoms with Crippen LogP contribution in [0.25, 0.3) is 10.9 Å². The molecule has 84 valence electrons. The van der Waals surface area contributed by atoms with Gasteiger partial charge in [-0.1, -0.05) is 0 Å². The SMILES string of the molecule is O=[N+]([O-])c1ccc2c(c1)c(F)nn2CCF. The summed E-state index contributed by atoms with van der Waals surface area (Å²) in [7, 11) is 0. The van der Waals surface area contributed by atoms with Gasteiger partial charge in [-0.15, -0.1) is 5.10 Å². The maximum Gasteiger partial charge on any atom is 0.270 e. The summed E-state index contributed by atoms with van der Waals surface area (Å²) >= 11 is 0. The van der Waals surface area contributed by atoms with E-state index in [1.807, 2.05) is 0 Å². The third-order valence-corrected chi connectivity index (χ3v) is 2.20. The molecule has 0 aliphatic carbocycles. The van der Waals surface area contributed by atoms with Crippen molar-refractivity contribution in [3.05, 3.63) is 34.3 Å². The topological polar surface area (TPSA) is 61.0 Å². The molecule has 0 unspecified atom stereocenters. The van der Waals surface area contributed by atoms with Crippen LogP contribution in [0.3, 0.4) is 0 Å². The standard InChI is InChI=1S/C9H7F2N3O2/c10-3-4-13-8-2-1-6(14(15)16)5-7(8)9(11)12-13/h1-2,5H,3-4H2. The second-order valence-electron chi connectivity index (χ2n) is 3.16. The van der Waals surface area contributed by atoms with Crippen LogP contribution in [0.4, 0.5) is 14.5 Å². The minimum atomic E-state index is -0.827. The van der Waals surface area contributed by atoms with Gasteiger partial charge in [-0.25, -0.2) is 4.39 Å². The number of aromatic nitrogens is 2. The van der Waals surface area contributed by atoms with Crippen molar-refractivity contribution in [2.45, 2.75) is 6.54 Å². The van der Waals surface area contributed by atoms with E-state index in [0.29, 0.717) is 5.52 Å². The van der Waals surface area contributed by atoms with Crippen LogP contribution in [0.2, 0.25) is 0 Å². The number of nitro groups is 1. The van der Waals surface area contributed by atoms with Gasteiger partial charge in [0.25, 0.3) is 5.69 Å². The highest BCUT2D eigenvalue weighted by Crippen LogP contribution is 2.23. The molecule has 0 spiro atoms. The van der Waals surface area contributed by atoms with Crippen LogP contribution in [0, 0.1) is 16.1 Å². The summed E-state index contributed by atoms with van der Waals surface area (Å²) in [6, 6.07) is 3.68. The molecule has 0 aliphatic heterocycles. The van der Waals surface area contributed by atoms with Gasteiger partial charge in [-0.05, 0) is 6.07 Å². The fraction of sp³-hybridized carbons (Fsp3) is 0.222. The first-order valence-corrected chi connectivity index (χ1v) is 4.50. The number of non-ortho nitro benzene ring substituents is 1. The quantitative estimate of drug-likeness (QED) is 0.595. The van der Waals surface area contributed by atoms with E-state index in [2.05, 4.69) is 5.10 Å². The number of hydrogen-bond donors (Lipinski definition) is 0. The van der Waals surface area contributed by atoms with Gasteiger partial charge in [-0.2, -0.15) is 4.39 Å². The molecular formula is C9H7F2N3O2. The number of nitrogens with zero attached hydrogens (tertiary/aromatic N) is 3. The lowest BCUT2D eigenvalue weighted by Gasteiger charge is -1.97. The van der Waals surface area contributed by atoms with E-state index in [4.69, 9.17) is 0 Å². The molecule has 0 bridgehead atoms. The Balaban J connectivity index is 2.61. The van der Waals surface area contributed by atoms with Gasteiger partial charge in [0.15, 0.2) is 0 Å². The second-order valence-corrected chi connectivity index (χ2v) is 3.16. The molecule has 1 aromatic heterocycles. The van der Waals surface area contributed by atoms with Crippen LogP contribution in [0.5, 0.6) is 0 Å². The van der Waals surface area contributed by atoms with Crippen molar-refractivity contribution in [3.63, 3.8) is 0 Å². The van der Waals surface area contributed by atoms with E-state index in [9.17, 15) is 18.9 Å². The Hall–Kier alpha value is -2.05. The molecule has 2 aromatic rings. The van der Waals surface area contributed by atoms with Crippen molar-refractivity contribution in [2.75, 3.05) is 6.67 Å². The first kappa shape index (κ1) is 10.5. The first-order chi connectivity index (χ1) is 7.63. The Morgan fingerprint density at radius 2 is 2.25 bits per heavy atom. The molecular weight excluding hydrogens is 220 g/mol. The lowest BCUT2D eigenvalue weighted by Crippen LogP contribution is -2.01. The van der Waals surface area contributed by atoms with Gasteiger partial charge < -0.3 is 0 Å². The largest absolute Gasteiger partial charge is 0.270 e. The molecule has 0 fully saturated rings. The van der Waals surface area contributed by atoms with Crippen molar-refractivity contribution in [3.8, 4) is 0 Å². The maximum atomic E-state index is 13.3. The fourth-order valence-corrected chi connectivity index (χ4v) is 1.49. The number of benzene rings is 1. The van der Waals surface area contributed by atoms with Crippen molar-refractivity contribution in [1.82, 2.24) is 9.78 Å². The number of fused-ring (bicyclic) bond motifs is 1. The molecule has 2 rings (SSSR count). The average molecular weight is 227 g/mol. The van der Waals surface area contributed by atoms with E-state index in [1.165, 1.54) is 12.1 Å². The summed E-state index contributed by atoms with van der Waals surface area (Å²) in [5.41, 5.74) is 0.131. The Morgan fingerprint density at radius 1 is 1.50 bits per heavy atom. The van der Waals surface area contributed by atoms with Gasteiger partial charge in [0.1, 0.15) is 6.67 Å². The van der Waals surface area contributed by atoms with Crippen molar-refractivity contribution >= 4 is 16.6 Å². The molecule has 5 nitrogen and oxygen atoms in total. The van der Waals surface area contributed by atoms with Crippen LogP contribution < -0.4 is 0 Å². The Kier molecular flexibility index (Phi) is 2.51. The van der Waals surface area contributed by atoms with Gasteiger partial charge >= 0.3 is 0 Å². The summed E-state index contributed by atoms with van der Waals surface area (Å²) in [6.07, 6.45) is 0. The molecule has 16 heavy (non-hydrogen) atoms. The zero-order valence-corrected chi connectivity index (χ0v) is 8.06. The summed E-state index contributed by atoms with van der Waals surface area (Å²) in [5.74, 6) is -0.827. The van der Waals surface area contributed by atoms with E-state index < -0.39 is 17.5 Å². The molecule has 1 aromatic carbocycles. The maximum absolute atomic E-state index is 13.3. The van der Waals surface area contributed by atoms with Crippen LogP contribution >= 0.6 is 0 Å². The van der Waals surface area contributed by atoms with Crippen molar-refractivity contribution in [1.29, 1.82) is 0 Å². The normalized spacial score (nSPS) is 10.9. The van der Waals surface area contributed by atoms with E-state index >= 15 is 0 Å². The van der Waals surface area contributed by atoms with Crippen LogP contribution in [0.15, 0.2) is 18.2 Å². The Bertz CT molecular complexity index is 553. The van der Waals surface area contributed by atoms with E-state index in [-0.39, 0.29) is 17.6 Å². The first-order valence-electron chi connectivity index (χ1n) is 4.50. The molecule has 0 atom stereocenters. The fourth-order valence-electron chi connectivity index (χ4n) is 1.49. The number of halogens is 2. The van der Waals surface area contributed by atoms with Crippen LogP contribution in [0.1, 0.15) is 0 Å². The summed E-state index contributed by atoms with van der Waals surface area (Å²) in [4.78, 5) is 9.86. The number of rotatable bonds is 3. The second kappa shape index (κ2) is 3.84. The molecule has 0 N–H and O–H groups in total. The highest BCUT2D eigenvalue weighted by Gasteiger charge is 2.14. The summed E-state index contributed by atoms with van der Waals surface area (Å²) in [5, 5.41) is 14.0. The zero-order chi connectivity index (χ0) is 11.7. The van der Waals surface area contributed by atoms with E-state index in [1.54, 1.807) is 0 Å². The Morgan fingerprint density at radius 3 is 2.88 bits per heavy atom. The van der Waals surface area contributed by atoms with Crippen LogP contribution in [-0.4, -0.2) is 21.4 Å². The number of aryl methyl sites for hydroxylation is 1. The smallest absolute Gasteiger partial charge is 0.259 e. The molecule has 0 aliphatic rings. The van der Waals surface area contributed by atoms with Gasteiger partial charge in [0.2, 0.25) is 5.95 Å². The van der Waals surface area contributed by atoms with Crippen LogP contribution in [-0.2, 0) is 6.54 Å². The van der Waals surface area contributed by atoms with Gasteiger partial charge in [-0.3, -0.25) is 14.8 Å². The summed E-state index contributed by atoms with van der Waals surface area (Å²) in [6.45, 7) is -0.745. The minimum absolute atomic E-state index is 0.0302. The minimum Gasteiger partial charge on any atom is -0.259 e. The molecule has 7 heteroatoms. The highest BCUT2D eigenvalue weighted by atomic mass is 19.1. The third kappa shape index (κ3) is 1.60. The number of alkyl halides is 1. The van der Waals surface area contributed by atoms with Gasteiger partial charge in [0, 0.05) is 12.1 Å². The van der Waals surface area contributed by atoms with Gasteiger partial charge in [0.05, 0.1) is 22.4 Å².